The first-order valence-corrected chi connectivity index (χ1v) is 9.82. The molecule has 2 aliphatic heterocycles. The maximum absolute atomic E-state index is 12.8. The summed E-state index contributed by atoms with van der Waals surface area (Å²) >= 11 is 0. The van der Waals surface area contributed by atoms with E-state index in [9.17, 15) is 9.59 Å². The van der Waals surface area contributed by atoms with Gasteiger partial charge in [0.1, 0.15) is 5.69 Å². The monoisotopic (exact) mass is 383 g/mol. The second-order valence-electron chi connectivity index (χ2n) is 7.52. The average molecular weight is 383 g/mol. The van der Waals surface area contributed by atoms with Crippen LogP contribution in [-0.4, -0.2) is 53.1 Å². The lowest BCUT2D eigenvalue weighted by Crippen LogP contribution is -2.47. The average Bonchev–Trinajstić information content (AvgIpc) is 3.28. The van der Waals surface area contributed by atoms with E-state index in [2.05, 4.69) is 15.1 Å². The number of hydrogen-bond acceptors (Lipinski definition) is 6. The highest BCUT2D eigenvalue weighted by Gasteiger charge is 2.32. The summed E-state index contributed by atoms with van der Waals surface area (Å²) < 4.78 is 5.34. The number of amides is 2. The molecule has 0 unspecified atom stereocenters. The quantitative estimate of drug-likeness (QED) is 0.861. The molecule has 2 fully saturated rings. The Morgan fingerprint density at radius 3 is 2.25 bits per heavy atom. The molecule has 0 aliphatic carbocycles. The fourth-order valence-electron chi connectivity index (χ4n) is 4.05. The first kappa shape index (κ1) is 18.5. The molecule has 2 aliphatic rings. The van der Waals surface area contributed by atoms with E-state index in [1.54, 1.807) is 6.26 Å². The summed E-state index contributed by atoms with van der Waals surface area (Å²) in [7, 11) is 0. The number of piperidine rings is 2. The number of anilines is 1. The summed E-state index contributed by atoms with van der Waals surface area (Å²) in [5.41, 5.74) is 6.08. The lowest BCUT2D eigenvalue weighted by molar-refractivity contribution is -0.139. The largest absolute Gasteiger partial charge is 0.463 e. The summed E-state index contributed by atoms with van der Waals surface area (Å²) in [5, 5.41) is 8.57. The van der Waals surface area contributed by atoms with Gasteiger partial charge in [-0.05, 0) is 49.9 Å². The van der Waals surface area contributed by atoms with E-state index < -0.39 is 0 Å². The Kier molecular flexibility index (Phi) is 5.27. The standard InChI is InChI=1S/C20H25N5O3/c21-19(26)14-5-11-25(12-6-14)20(27)15-7-9-24(10-8-15)18-4-3-16(22-23-18)17-2-1-13-28-17/h1-4,13-15H,5-12H2,(H2,21,26). The summed E-state index contributed by atoms with van der Waals surface area (Å²) in [4.78, 5) is 28.2. The molecular formula is C20H25N5O3. The maximum atomic E-state index is 12.8. The van der Waals surface area contributed by atoms with Crippen molar-refractivity contribution in [3.63, 3.8) is 0 Å². The number of carbonyl (C=O) groups excluding carboxylic acids is 2. The van der Waals surface area contributed by atoms with Gasteiger partial charge in [0.05, 0.1) is 6.26 Å². The number of aromatic nitrogens is 2. The van der Waals surface area contributed by atoms with Crippen LogP contribution in [0.5, 0.6) is 0 Å². The van der Waals surface area contributed by atoms with Crippen LogP contribution in [0.2, 0.25) is 0 Å². The number of likely N-dealkylation sites (tertiary alicyclic amines) is 1. The highest BCUT2D eigenvalue weighted by molar-refractivity contribution is 5.80. The van der Waals surface area contributed by atoms with Crippen LogP contribution in [0.3, 0.4) is 0 Å². The Morgan fingerprint density at radius 2 is 1.68 bits per heavy atom. The Balaban J connectivity index is 1.30. The normalized spacial score (nSPS) is 19.0. The molecule has 4 heterocycles. The summed E-state index contributed by atoms with van der Waals surface area (Å²) in [5.74, 6) is 1.43. The highest BCUT2D eigenvalue weighted by Crippen LogP contribution is 2.26. The molecule has 8 heteroatoms. The number of rotatable bonds is 4. The second kappa shape index (κ2) is 8.00. The van der Waals surface area contributed by atoms with E-state index >= 15 is 0 Å². The van der Waals surface area contributed by atoms with E-state index in [1.165, 1.54) is 0 Å². The molecule has 4 rings (SSSR count). The molecule has 2 N–H and O–H groups in total. The zero-order valence-electron chi connectivity index (χ0n) is 15.8. The Hall–Kier alpha value is -2.90. The lowest BCUT2D eigenvalue weighted by atomic mass is 9.92. The van der Waals surface area contributed by atoms with Crippen LogP contribution < -0.4 is 10.6 Å². The summed E-state index contributed by atoms with van der Waals surface area (Å²) in [6, 6.07) is 7.53. The zero-order chi connectivity index (χ0) is 19.5. The first-order valence-electron chi connectivity index (χ1n) is 9.82. The number of primary amides is 1. The van der Waals surface area contributed by atoms with Crippen LogP contribution >= 0.6 is 0 Å². The van der Waals surface area contributed by atoms with Crippen molar-refractivity contribution < 1.29 is 14.0 Å². The van der Waals surface area contributed by atoms with Crippen LogP contribution in [0.15, 0.2) is 34.9 Å². The minimum absolute atomic E-state index is 0.0386. The molecule has 0 spiro atoms. The molecule has 148 valence electrons. The molecule has 2 amide bonds. The second-order valence-corrected chi connectivity index (χ2v) is 7.52. The molecule has 0 radical (unpaired) electrons. The van der Waals surface area contributed by atoms with Crippen LogP contribution in [0.1, 0.15) is 25.7 Å². The van der Waals surface area contributed by atoms with Gasteiger partial charge in [0, 0.05) is 38.0 Å². The molecule has 0 saturated carbocycles. The van der Waals surface area contributed by atoms with Crippen LogP contribution in [0, 0.1) is 11.8 Å². The van der Waals surface area contributed by atoms with Crippen molar-refractivity contribution in [2.45, 2.75) is 25.7 Å². The third-order valence-corrected chi connectivity index (χ3v) is 5.80. The minimum atomic E-state index is -0.250. The predicted octanol–water partition coefficient (Wildman–Crippen LogP) is 1.68. The van der Waals surface area contributed by atoms with E-state index in [1.807, 2.05) is 29.2 Å². The topological polar surface area (TPSA) is 106 Å². The zero-order valence-corrected chi connectivity index (χ0v) is 15.8. The number of hydrogen-bond donors (Lipinski definition) is 1. The van der Waals surface area contributed by atoms with Gasteiger partial charge >= 0.3 is 0 Å². The van der Waals surface area contributed by atoms with Gasteiger partial charge in [0.15, 0.2) is 11.6 Å². The third-order valence-electron chi connectivity index (χ3n) is 5.80. The van der Waals surface area contributed by atoms with Crippen LogP contribution in [0.4, 0.5) is 5.82 Å². The van der Waals surface area contributed by atoms with Crippen molar-refractivity contribution in [3.8, 4) is 11.5 Å². The van der Waals surface area contributed by atoms with Crippen molar-refractivity contribution >= 4 is 17.6 Å². The van der Waals surface area contributed by atoms with Crippen molar-refractivity contribution in [1.29, 1.82) is 0 Å². The van der Waals surface area contributed by atoms with Crippen molar-refractivity contribution in [1.82, 2.24) is 15.1 Å². The molecule has 0 bridgehead atoms. The summed E-state index contributed by atoms with van der Waals surface area (Å²) in [6.07, 6.45) is 4.57. The summed E-state index contributed by atoms with van der Waals surface area (Å²) in [6.45, 7) is 2.82. The molecule has 2 aromatic heterocycles. The first-order chi connectivity index (χ1) is 13.6. The lowest BCUT2D eigenvalue weighted by Gasteiger charge is -2.37. The van der Waals surface area contributed by atoms with Gasteiger partial charge in [0.25, 0.3) is 0 Å². The minimum Gasteiger partial charge on any atom is -0.463 e. The number of nitrogens with zero attached hydrogens (tertiary/aromatic N) is 4. The maximum Gasteiger partial charge on any atom is 0.225 e. The Bertz CT molecular complexity index is 805. The molecule has 0 atom stereocenters. The Morgan fingerprint density at radius 1 is 0.964 bits per heavy atom. The van der Waals surface area contributed by atoms with Gasteiger partial charge < -0.3 is 20.0 Å². The number of furan rings is 1. The van der Waals surface area contributed by atoms with Gasteiger partial charge in [-0.2, -0.15) is 0 Å². The van der Waals surface area contributed by atoms with Crippen molar-refractivity contribution in [2.75, 3.05) is 31.1 Å². The predicted molar refractivity (Wildman–Crippen MR) is 103 cm³/mol. The SMILES string of the molecule is NC(=O)C1CCN(C(=O)C2CCN(c3ccc(-c4ccco4)nn3)CC2)CC1. The van der Waals surface area contributed by atoms with E-state index in [-0.39, 0.29) is 23.7 Å². The number of nitrogens with two attached hydrogens (primary N) is 1. The van der Waals surface area contributed by atoms with Gasteiger partial charge in [-0.1, -0.05) is 0 Å². The van der Waals surface area contributed by atoms with Crippen LogP contribution in [-0.2, 0) is 9.59 Å². The van der Waals surface area contributed by atoms with Gasteiger partial charge in [0.2, 0.25) is 11.8 Å². The fraction of sp³-hybridized carbons (Fsp3) is 0.500. The molecule has 2 aromatic rings. The van der Waals surface area contributed by atoms with Crippen molar-refractivity contribution in [2.24, 2.45) is 17.6 Å². The van der Waals surface area contributed by atoms with E-state index in [4.69, 9.17) is 10.2 Å². The smallest absolute Gasteiger partial charge is 0.225 e. The third kappa shape index (κ3) is 3.85. The molecular weight excluding hydrogens is 358 g/mol. The Labute approximate surface area is 163 Å². The van der Waals surface area contributed by atoms with E-state index in [0.717, 1.165) is 31.7 Å². The van der Waals surface area contributed by atoms with Crippen molar-refractivity contribution in [3.05, 3.63) is 30.5 Å². The fourth-order valence-corrected chi connectivity index (χ4v) is 4.05. The number of carbonyl (C=O) groups is 2. The molecule has 2 saturated heterocycles. The molecule has 28 heavy (non-hydrogen) atoms. The van der Waals surface area contributed by atoms with Crippen LogP contribution in [0.25, 0.3) is 11.5 Å². The van der Waals surface area contributed by atoms with Gasteiger partial charge in [-0.25, -0.2) is 0 Å². The van der Waals surface area contributed by atoms with Gasteiger partial charge in [-0.3, -0.25) is 9.59 Å². The molecule has 0 aromatic carbocycles. The molecule has 8 nitrogen and oxygen atoms in total. The van der Waals surface area contributed by atoms with Gasteiger partial charge in [-0.15, -0.1) is 10.2 Å². The van der Waals surface area contributed by atoms with E-state index in [0.29, 0.717) is 37.4 Å². The highest BCUT2D eigenvalue weighted by atomic mass is 16.3.